The van der Waals surface area contributed by atoms with E-state index in [0.717, 1.165) is 11.0 Å². The van der Waals surface area contributed by atoms with Gasteiger partial charge in [-0.05, 0) is 23.5 Å². The minimum Gasteiger partial charge on any atom is -0.396 e. The van der Waals surface area contributed by atoms with E-state index in [1.165, 1.54) is 0 Å². The minimum atomic E-state index is -3.44. The Morgan fingerprint density at radius 1 is 1.26 bits per heavy atom. The number of rotatable bonds is 7. The van der Waals surface area contributed by atoms with Crippen LogP contribution in [0.1, 0.15) is 25.8 Å². The second kappa shape index (κ2) is 6.84. The van der Waals surface area contributed by atoms with Crippen molar-refractivity contribution < 1.29 is 13.5 Å². The first-order valence-corrected chi connectivity index (χ1v) is 7.73. The summed E-state index contributed by atoms with van der Waals surface area (Å²) in [6.45, 7) is 4.17. The first-order chi connectivity index (χ1) is 8.85. The second-order valence-electron chi connectivity index (χ2n) is 5.22. The summed E-state index contributed by atoms with van der Waals surface area (Å²) >= 11 is 0. The fourth-order valence-electron chi connectivity index (χ4n) is 1.47. The summed E-state index contributed by atoms with van der Waals surface area (Å²) in [6.07, 6.45) is 2.11. The van der Waals surface area contributed by atoms with E-state index in [9.17, 15) is 8.42 Å². The maximum Gasteiger partial charge on any atom is 0.233 e. The molecule has 1 aromatic rings. The van der Waals surface area contributed by atoms with Gasteiger partial charge in [0, 0.05) is 18.6 Å². The third-order valence-electron chi connectivity index (χ3n) is 2.78. The smallest absolute Gasteiger partial charge is 0.233 e. The molecular weight excluding hydrogens is 262 g/mol. The van der Waals surface area contributed by atoms with E-state index in [1.54, 1.807) is 6.08 Å². The lowest BCUT2D eigenvalue weighted by Gasteiger charge is -2.23. The van der Waals surface area contributed by atoms with Gasteiger partial charge in [0.2, 0.25) is 10.0 Å². The molecule has 0 aliphatic heterocycles. The van der Waals surface area contributed by atoms with Crippen LogP contribution in [0.25, 0.3) is 6.08 Å². The van der Waals surface area contributed by atoms with Crippen molar-refractivity contribution in [1.29, 1.82) is 0 Å². The predicted octanol–water partition coefficient (Wildman–Crippen LogP) is 1.99. The average Bonchev–Trinajstić information content (AvgIpc) is 2.36. The predicted molar refractivity (Wildman–Crippen MR) is 77.9 cm³/mol. The molecule has 0 bridgehead atoms. The second-order valence-corrected chi connectivity index (χ2v) is 6.87. The summed E-state index contributed by atoms with van der Waals surface area (Å²) in [6, 6.07) is 9.25. The number of aliphatic hydroxyl groups excluding tert-OH is 1. The van der Waals surface area contributed by atoms with Crippen LogP contribution < -0.4 is 4.72 Å². The Labute approximate surface area is 115 Å². The van der Waals surface area contributed by atoms with Gasteiger partial charge < -0.3 is 5.11 Å². The van der Waals surface area contributed by atoms with Crippen LogP contribution in [0.5, 0.6) is 0 Å². The molecule has 19 heavy (non-hydrogen) atoms. The van der Waals surface area contributed by atoms with Gasteiger partial charge in [-0.2, -0.15) is 0 Å². The first kappa shape index (κ1) is 15.9. The summed E-state index contributed by atoms with van der Waals surface area (Å²) < 4.78 is 26.1. The van der Waals surface area contributed by atoms with E-state index in [4.69, 9.17) is 5.11 Å². The fraction of sp³-hybridized carbons (Fsp3) is 0.429. The van der Waals surface area contributed by atoms with Crippen LogP contribution >= 0.6 is 0 Å². The molecule has 0 aliphatic rings. The van der Waals surface area contributed by atoms with Crippen molar-refractivity contribution >= 4 is 16.1 Å². The monoisotopic (exact) mass is 283 g/mol. The van der Waals surface area contributed by atoms with Crippen molar-refractivity contribution in [2.24, 2.45) is 5.41 Å². The summed E-state index contributed by atoms with van der Waals surface area (Å²) in [5.41, 5.74) is 0.574. The van der Waals surface area contributed by atoms with Gasteiger partial charge in [-0.15, -0.1) is 0 Å². The number of sulfonamides is 1. The van der Waals surface area contributed by atoms with Gasteiger partial charge in [-0.1, -0.05) is 44.2 Å². The molecule has 5 heteroatoms. The highest BCUT2D eigenvalue weighted by atomic mass is 32.2. The van der Waals surface area contributed by atoms with Crippen molar-refractivity contribution in [2.75, 3.05) is 13.2 Å². The minimum absolute atomic E-state index is 0.0502. The quantitative estimate of drug-likeness (QED) is 0.804. The Morgan fingerprint density at radius 2 is 1.89 bits per heavy atom. The van der Waals surface area contributed by atoms with Crippen LogP contribution in [0.2, 0.25) is 0 Å². The van der Waals surface area contributed by atoms with Gasteiger partial charge >= 0.3 is 0 Å². The molecule has 2 N–H and O–H groups in total. The van der Waals surface area contributed by atoms with Gasteiger partial charge in [0.1, 0.15) is 0 Å². The molecule has 1 aromatic carbocycles. The van der Waals surface area contributed by atoms with E-state index in [2.05, 4.69) is 4.72 Å². The number of nitrogens with one attached hydrogen (secondary N) is 1. The van der Waals surface area contributed by atoms with Gasteiger partial charge in [0.05, 0.1) is 0 Å². The zero-order valence-corrected chi connectivity index (χ0v) is 12.2. The molecule has 0 fully saturated rings. The van der Waals surface area contributed by atoms with Gasteiger partial charge in [0.25, 0.3) is 0 Å². The molecule has 0 amide bonds. The lowest BCUT2D eigenvalue weighted by Crippen LogP contribution is -2.33. The van der Waals surface area contributed by atoms with Crippen molar-refractivity contribution in [2.45, 2.75) is 20.3 Å². The van der Waals surface area contributed by atoms with E-state index in [0.29, 0.717) is 13.0 Å². The van der Waals surface area contributed by atoms with Crippen molar-refractivity contribution in [3.63, 3.8) is 0 Å². The summed E-state index contributed by atoms with van der Waals surface area (Å²) in [4.78, 5) is 0. The number of benzene rings is 1. The third-order valence-corrected chi connectivity index (χ3v) is 3.82. The Bertz CT molecular complexity index is 507. The molecule has 0 radical (unpaired) electrons. The van der Waals surface area contributed by atoms with Crippen molar-refractivity contribution in [3.8, 4) is 0 Å². The molecule has 4 nitrogen and oxygen atoms in total. The molecule has 0 aliphatic carbocycles. The van der Waals surface area contributed by atoms with Crippen LogP contribution in [0.3, 0.4) is 0 Å². The SMILES string of the molecule is CC(C)(CCO)CNS(=O)(=O)/C=C/c1ccccc1. The lowest BCUT2D eigenvalue weighted by molar-refractivity contribution is 0.213. The number of aliphatic hydroxyl groups is 1. The fourth-order valence-corrected chi connectivity index (χ4v) is 2.49. The normalized spacial score (nSPS) is 13.0. The molecule has 106 valence electrons. The highest BCUT2D eigenvalue weighted by Crippen LogP contribution is 2.18. The molecule has 0 saturated heterocycles. The van der Waals surface area contributed by atoms with E-state index in [-0.39, 0.29) is 12.0 Å². The Balaban J connectivity index is 2.60. The zero-order valence-electron chi connectivity index (χ0n) is 11.3. The van der Waals surface area contributed by atoms with Crippen LogP contribution in [-0.2, 0) is 10.0 Å². The van der Waals surface area contributed by atoms with Crippen LogP contribution in [0.4, 0.5) is 0 Å². The molecule has 1 rings (SSSR count). The maximum absolute atomic E-state index is 11.8. The maximum atomic E-state index is 11.8. The van der Waals surface area contributed by atoms with E-state index >= 15 is 0 Å². The van der Waals surface area contributed by atoms with Gasteiger partial charge in [-0.3, -0.25) is 0 Å². The molecule has 0 atom stereocenters. The largest absolute Gasteiger partial charge is 0.396 e. The lowest BCUT2D eigenvalue weighted by atomic mass is 9.90. The van der Waals surface area contributed by atoms with E-state index in [1.807, 2.05) is 44.2 Å². The van der Waals surface area contributed by atoms with Gasteiger partial charge in [0.15, 0.2) is 0 Å². The highest BCUT2D eigenvalue weighted by Gasteiger charge is 2.19. The van der Waals surface area contributed by atoms with Crippen molar-refractivity contribution in [3.05, 3.63) is 41.3 Å². The Kier molecular flexibility index (Phi) is 5.72. The Morgan fingerprint density at radius 3 is 2.47 bits per heavy atom. The van der Waals surface area contributed by atoms with Gasteiger partial charge in [-0.25, -0.2) is 13.1 Å². The van der Waals surface area contributed by atoms with E-state index < -0.39 is 10.0 Å². The Hall–Kier alpha value is -1.17. The topological polar surface area (TPSA) is 66.4 Å². The van der Waals surface area contributed by atoms with Crippen molar-refractivity contribution in [1.82, 2.24) is 4.72 Å². The molecule has 0 unspecified atom stereocenters. The zero-order chi connectivity index (χ0) is 14.4. The molecule has 0 spiro atoms. The van der Waals surface area contributed by atoms with Crippen LogP contribution in [0, 0.1) is 5.41 Å². The third kappa shape index (κ3) is 6.52. The first-order valence-electron chi connectivity index (χ1n) is 6.18. The molecule has 0 aromatic heterocycles. The van der Waals surface area contributed by atoms with Crippen LogP contribution in [-0.4, -0.2) is 26.7 Å². The molecule has 0 heterocycles. The average molecular weight is 283 g/mol. The standard InChI is InChI=1S/C14H21NO3S/c1-14(2,9-10-16)12-15-19(17,18)11-8-13-6-4-3-5-7-13/h3-8,11,15-16H,9-10,12H2,1-2H3/b11-8+. The summed E-state index contributed by atoms with van der Waals surface area (Å²) in [5.74, 6) is 0. The molecule has 0 saturated carbocycles. The number of hydrogen-bond acceptors (Lipinski definition) is 3. The highest BCUT2D eigenvalue weighted by molar-refractivity contribution is 7.92. The number of hydrogen-bond donors (Lipinski definition) is 2. The van der Waals surface area contributed by atoms with Crippen LogP contribution in [0.15, 0.2) is 35.7 Å². The molecular formula is C14H21NO3S. The summed E-state index contributed by atoms with van der Waals surface area (Å²) in [5, 5.41) is 10.1. The summed E-state index contributed by atoms with van der Waals surface area (Å²) in [7, 11) is -3.44.